The zero-order chi connectivity index (χ0) is 46.1. The Kier molecular flexibility index (Phi) is 9.38. The fraction of sp³-hybridized carbons (Fsp3) is 0.0294. The molecule has 0 fully saturated rings. The molecule has 2 aromatic heterocycles. The number of para-hydroxylation sites is 2. The zero-order valence-electron chi connectivity index (χ0n) is 38.5. The summed E-state index contributed by atoms with van der Waals surface area (Å²) in [5.74, 6) is 0.345. The summed E-state index contributed by atoms with van der Waals surface area (Å²) in [5, 5.41) is 10.1. The lowest BCUT2D eigenvalue weighted by Crippen LogP contribution is -1.99. The van der Waals surface area contributed by atoms with Gasteiger partial charge in [-0.25, -0.2) is 0 Å². The molecule has 0 bridgehead atoms. The highest BCUT2D eigenvalue weighted by atomic mass is 15.0. The molecule has 0 saturated carbocycles. The Morgan fingerprint density at radius 2 is 0.700 bits per heavy atom. The van der Waals surface area contributed by atoms with Crippen LogP contribution in [0.2, 0.25) is 0 Å². The van der Waals surface area contributed by atoms with Crippen molar-refractivity contribution in [2.45, 2.75) is 12.3 Å². The van der Waals surface area contributed by atoms with Gasteiger partial charge in [-0.15, -0.1) is 0 Å². The number of fused-ring (bicyclic) bond motifs is 8. The van der Waals surface area contributed by atoms with Gasteiger partial charge in [0.15, 0.2) is 0 Å². The Morgan fingerprint density at radius 3 is 1.24 bits per heavy atom. The van der Waals surface area contributed by atoms with Crippen LogP contribution in [0.25, 0.3) is 115 Å². The van der Waals surface area contributed by atoms with Crippen molar-refractivity contribution in [3.05, 3.63) is 272 Å². The zero-order valence-corrected chi connectivity index (χ0v) is 38.5. The lowest BCUT2D eigenvalue weighted by atomic mass is 9.86. The number of rotatable bonds is 7. The molecule has 1 atom stereocenters. The quantitative estimate of drug-likeness (QED) is 0.141. The normalized spacial score (nSPS) is 13.8. The van der Waals surface area contributed by atoms with Crippen LogP contribution in [0.1, 0.15) is 23.5 Å². The molecule has 0 saturated heterocycles. The van der Waals surface area contributed by atoms with Gasteiger partial charge in [0.1, 0.15) is 0 Å². The Balaban J connectivity index is 0.911. The summed E-state index contributed by atoms with van der Waals surface area (Å²) < 4.78 is 4.85. The number of hydrogen-bond donors (Lipinski definition) is 0. The Labute approximate surface area is 407 Å². The molecule has 0 aliphatic heterocycles. The molecule has 0 N–H and O–H groups in total. The van der Waals surface area contributed by atoms with E-state index in [1.807, 2.05) is 0 Å². The standard InChI is InChI=1S/C68H46N2/c1-3-16-45(17-4-1)49-20-15-21-50(42-49)52-35-41-66-62(44-52)61-43-51(46-30-36-53(37-31-46)69-63-28-13-11-22-55(63)56-23-12-14-29-64(56)69)34-40-65(61)70(66)54-38-32-48(33-39-54)68-59-26-9-7-24-57(59)67(47-18-5-2-6-19-47)58-25-8-10-27-60(58)68/h1-19,21-44,49H,20H2. The average Bonchev–Trinajstić information content (AvgIpc) is 3.95. The van der Waals surface area contributed by atoms with Crippen LogP contribution in [-0.2, 0) is 0 Å². The molecule has 14 rings (SSSR count). The number of aromatic nitrogens is 2. The molecule has 70 heavy (non-hydrogen) atoms. The highest BCUT2D eigenvalue weighted by molar-refractivity contribution is 6.21. The van der Waals surface area contributed by atoms with Gasteiger partial charge in [0, 0.05) is 38.8 Å². The van der Waals surface area contributed by atoms with E-state index in [1.54, 1.807) is 0 Å². The summed E-state index contributed by atoms with van der Waals surface area (Å²) >= 11 is 0. The van der Waals surface area contributed by atoms with Gasteiger partial charge in [-0.3, -0.25) is 0 Å². The lowest BCUT2D eigenvalue weighted by molar-refractivity contribution is 0.857. The molecular formula is C68H46N2. The van der Waals surface area contributed by atoms with E-state index in [4.69, 9.17) is 0 Å². The molecule has 0 amide bonds. The van der Waals surface area contributed by atoms with Crippen LogP contribution in [0.15, 0.2) is 261 Å². The molecule has 13 aromatic rings. The first-order valence-corrected chi connectivity index (χ1v) is 24.4. The molecule has 1 unspecified atom stereocenters. The Morgan fingerprint density at radius 1 is 0.300 bits per heavy atom. The summed E-state index contributed by atoms with van der Waals surface area (Å²) in [6.07, 6.45) is 8.11. The molecular weight excluding hydrogens is 845 g/mol. The molecule has 1 aliphatic rings. The van der Waals surface area contributed by atoms with Crippen LogP contribution in [0.4, 0.5) is 0 Å². The Hall–Kier alpha value is -8.98. The third-order valence-corrected chi connectivity index (χ3v) is 14.8. The van der Waals surface area contributed by atoms with E-state index in [0.29, 0.717) is 5.92 Å². The maximum atomic E-state index is 2.46. The number of nitrogens with zero attached hydrogens (tertiary/aromatic N) is 2. The van der Waals surface area contributed by atoms with Crippen LogP contribution < -0.4 is 0 Å². The average molecular weight is 891 g/mol. The second-order valence-corrected chi connectivity index (χ2v) is 18.7. The first-order chi connectivity index (χ1) is 34.7. The van der Waals surface area contributed by atoms with E-state index < -0.39 is 0 Å². The largest absolute Gasteiger partial charge is 0.309 e. The van der Waals surface area contributed by atoms with E-state index in [9.17, 15) is 0 Å². The minimum absolute atomic E-state index is 0.345. The maximum Gasteiger partial charge on any atom is 0.0541 e. The summed E-state index contributed by atoms with van der Waals surface area (Å²) in [6.45, 7) is 0. The van der Waals surface area contributed by atoms with Crippen molar-refractivity contribution in [3.8, 4) is 44.8 Å². The fourth-order valence-electron chi connectivity index (χ4n) is 11.6. The monoisotopic (exact) mass is 890 g/mol. The van der Waals surface area contributed by atoms with Crippen molar-refractivity contribution in [3.63, 3.8) is 0 Å². The second-order valence-electron chi connectivity index (χ2n) is 18.7. The highest BCUT2D eigenvalue weighted by Crippen LogP contribution is 2.45. The first kappa shape index (κ1) is 40.1. The van der Waals surface area contributed by atoms with Crippen LogP contribution in [0.3, 0.4) is 0 Å². The van der Waals surface area contributed by atoms with Crippen molar-refractivity contribution in [2.75, 3.05) is 0 Å². The molecule has 2 heterocycles. The van der Waals surface area contributed by atoms with E-state index >= 15 is 0 Å². The third-order valence-electron chi connectivity index (χ3n) is 14.8. The van der Waals surface area contributed by atoms with Crippen LogP contribution in [0.5, 0.6) is 0 Å². The van der Waals surface area contributed by atoms with Gasteiger partial charge in [0.25, 0.3) is 0 Å². The van der Waals surface area contributed by atoms with Crippen molar-refractivity contribution < 1.29 is 0 Å². The van der Waals surface area contributed by atoms with Gasteiger partial charge in [0.2, 0.25) is 0 Å². The topological polar surface area (TPSA) is 9.86 Å². The molecule has 328 valence electrons. The van der Waals surface area contributed by atoms with Crippen LogP contribution >= 0.6 is 0 Å². The first-order valence-electron chi connectivity index (χ1n) is 24.4. The molecule has 0 radical (unpaired) electrons. The third kappa shape index (κ3) is 6.49. The summed E-state index contributed by atoms with van der Waals surface area (Å²) in [4.78, 5) is 0. The van der Waals surface area contributed by atoms with Crippen molar-refractivity contribution in [1.29, 1.82) is 0 Å². The fourth-order valence-corrected chi connectivity index (χ4v) is 11.6. The summed E-state index contributed by atoms with van der Waals surface area (Å²) in [7, 11) is 0. The van der Waals surface area contributed by atoms with Gasteiger partial charge in [-0.1, -0.05) is 200 Å². The van der Waals surface area contributed by atoms with Gasteiger partial charge < -0.3 is 9.13 Å². The van der Waals surface area contributed by atoms with Crippen LogP contribution in [0, 0.1) is 0 Å². The summed E-state index contributed by atoms with van der Waals surface area (Å²) in [6, 6.07) is 89.5. The van der Waals surface area contributed by atoms with E-state index in [1.165, 1.54) is 115 Å². The molecule has 1 aliphatic carbocycles. The summed E-state index contributed by atoms with van der Waals surface area (Å²) in [5.41, 5.74) is 18.3. The predicted molar refractivity (Wildman–Crippen MR) is 297 cm³/mol. The predicted octanol–water partition coefficient (Wildman–Crippen LogP) is 18.3. The van der Waals surface area contributed by atoms with Gasteiger partial charge in [0.05, 0.1) is 22.1 Å². The minimum atomic E-state index is 0.345. The molecule has 11 aromatic carbocycles. The number of hydrogen-bond acceptors (Lipinski definition) is 0. The number of benzene rings is 11. The van der Waals surface area contributed by atoms with E-state index in [2.05, 4.69) is 270 Å². The molecule has 2 heteroatoms. The smallest absolute Gasteiger partial charge is 0.0541 e. The Bertz CT molecular complexity index is 4110. The van der Waals surface area contributed by atoms with Gasteiger partial charge in [-0.05, 0) is 139 Å². The van der Waals surface area contributed by atoms with E-state index in [0.717, 1.165) is 17.8 Å². The van der Waals surface area contributed by atoms with Crippen molar-refractivity contribution >= 4 is 70.7 Å². The van der Waals surface area contributed by atoms with Crippen molar-refractivity contribution in [1.82, 2.24) is 9.13 Å². The lowest BCUT2D eigenvalue weighted by Gasteiger charge is -2.18. The van der Waals surface area contributed by atoms with Crippen LogP contribution in [-0.4, -0.2) is 9.13 Å². The number of allylic oxidation sites excluding steroid dienone is 4. The van der Waals surface area contributed by atoms with Gasteiger partial charge >= 0.3 is 0 Å². The minimum Gasteiger partial charge on any atom is -0.309 e. The maximum absolute atomic E-state index is 2.46. The highest BCUT2D eigenvalue weighted by Gasteiger charge is 2.20. The molecule has 0 spiro atoms. The van der Waals surface area contributed by atoms with E-state index in [-0.39, 0.29) is 0 Å². The molecule has 2 nitrogen and oxygen atoms in total. The van der Waals surface area contributed by atoms with Gasteiger partial charge in [-0.2, -0.15) is 0 Å². The van der Waals surface area contributed by atoms with Crippen molar-refractivity contribution in [2.24, 2.45) is 0 Å². The second kappa shape index (κ2) is 16.4. The SMILES string of the molecule is C1=CC(c2ccc3c(c2)c2cc(-c4ccc(-n5c6ccccc6c6ccccc65)cc4)ccc2n3-c2ccc(-c3c4ccccc4c(-c4ccccc4)c4ccccc34)cc2)=CC(c2ccccc2)C1.